The van der Waals surface area contributed by atoms with Crippen molar-refractivity contribution in [2.24, 2.45) is 0 Å². The van der Waals surface area contributed by atoms with E-state index in [2.05, 4.69) is 26.2 Å². The zero-order valence-electron chi connectivity index (χ0n) is 12.8. The van der Waals surface area contributed by atoms with Gasteiger partial charge in [0.05, 0.1) is 12.2 Å². The number of imidazole rings is 1. The average molecular weight is 383 g/mol. The zero-order chi connectivity index (χ0) is 16.5. The predicted octanol–water partition coefficient (Wildman–Crippen LogP) is 3.37. The number of pyridine rings is 1. The van der Waals surface area contributed by atoms with Crippen molar-refractivity contribution in [2.75, 3.05) is 0 Å². The smallest absolute Gasteiger partial charge is 0.240 e. The molecule has 1 amide bonds. The third-order valence-electron chi connectivity index (χ3n) is 3.93. The van der Waals surface area contributed by atoms with Gasteiger partial charge < -0.3 is 14.3 Å². The molecule has 0 bridgehead atoms. The van der Waals surface area contributed by atoms with Crippen molar-refractivity contribution in [1.82, 2.24) is 19.3 Å². The predicted molar refractivity (Wildman–Crippen MR) is 96.7 cm³/mol. The lowest BCUT2D eigenvalue weighted by atomic mass is 10.2. The fourth-order valence-electron chi connectivity index (χ4n) is 2.78. The maximum Gasteiger partial charge on any atom is 0.240 e. The topological polar surface area (TPSA) is 51.3 Å². The highest BCUT2D eigenvalue weighted by molar-refractivity contribution is 9.10. The standard InChI is InChI=1S/C18H15BrN4O/c19-14-5-6-17-21-15(11-23(17)10-14)9-20-18(24)12-22-8-7-13-3-1-2-4-16(13)22/h1-8,10-11H,9,12H2,(H,20,24). The Bertz CT molecular complexity index is 1030. The van der Waals surface area contributed by atoms with Crippen molar-refractivity contribution in [2.45, 2.75) is 13.1 Å². The minimum Gasteiger partial charge on any atom is -0.349 e. The van der Waals surface area contributed by atoms with E-state index in [0.717, 1.165) is 26.7 Å². The highest BCUT2D eigenvalue weighted by Gasteiger charge is 2.07. The molecule has 5 nitrogen and oxygen atoms in total. The molecule has 4 rings (SSSR count). The summed E-state index contributed by atoms with van der Waals surface area (Å²) >= 11 is 3.44. The van der Waals surface area contributed by atoms with Gasteiger partial charge in [0.1, 0.15) is 12.2 Å². The van der Waals surface area contributed by atoms with Crippen LogP contribution in [0.15, 0.2) is 65.5 Å². The molecule has 6 heteroatoms. The number of halogens is 1. The SMILES string of the molecule is O=C(Cn1ccc2ccccc21)NCc1cn2cc(Br)ccc2n1. The molecule has 0 atom stereocenters. The zero-order valence-corrected chi connectivity index (χ0v) is 14.4. The Kier molecular flexibility index (Phi) is 3.82. The van der Waals surface area contributed by atoms with E-state index >= 15 is 0 Å². The van der Waals surface area contributed by atoms with Gasteiger partial charge in [-0.1, -0.05) is 18.2 Å². The summed E-state index contributed by atoms with van der Waals surface area (Å²) in [4.78, 5) is 16.7. The number of para-hydroxylation sites is 1. The summed E-state index contributed by atoms with van der Waals surface area (Å²) in [5.74, 6) is -0.0328. The van der Waals surface area contributed by atoms with E-state index in [1.807, 2.05) is 70.0 Å². The normalized spacial score (nSPS) is 11.2. The van der Waals surface area contributed by atoms with E-state index in [1.165, 1.54) is 0 Å². The molecule has 0 fully saturated rings. The Labute approximate surface area is 147 Å². The largest absolute Gasteiger partial charge is 0.349 e. The minimum atomic E-state index is -0.0328. The first kappa shape index (κ1) is 15.0. The Morgan fingerprint density at radius 3 is 2.92 bits per heavy atom. The number of aromatic nitrogens is 3. The highest BCUT2D eigenvalue weighted by atomic mass is 79.9. The van der Waals surface area contributed by atoms with Crippen LogP contribution in [0.1, 0.15) is 5.69 Å². The van der Waals surface area contributed by atoms with E-state index in [9.17, 15) is 4.79 Å². The molecule has 0 saturated carbocycles. The number of benzene rings is 1. The molecular formula is C18H15BrN4O. The van der Waals surface area contributed by atoms with Crippen LogP contribution < -0.4 is 5.32 Å². The quantitative estimate of drug-likeness (QED) is 0.588. The number of fused-ring (bicyclic) bond motifs is 2. The van der Waals surface area contributed by atoms with Crippen molar-refractivity contribution in [1.29, 1.82) is 0 Å². The Hall–Kier alpha value is -2.60. The van der Waals surface area contributed by atoms with Crippen LogP contribution in [0.2, 0.25) is 0 Å². The lowest BCUT2D eigenvalue weighted by Crippen LogP contribution is -2.26. The molecule has 0 saturated heterocycles. The third-order valence-corrected chi connectivity index (χ3v) is 4.39. The Morgan fingerprint density at radius 1 is 1.12 bits per heavy atom. The number of carbonyl (C=O) groups is 1. The van der Waals surface area contributed by atoms with E-state index in [-0.39, 0.29) is 5.91 Å². The Morgan fingerprint density at radius 2 is 2.00 bits per heavy atom. The molecule has 0 spiro atoms. The molecule has 24 heavy (non-hydrogen) atoms. The van der Waals surface area contributed by atoms with Gasteiger partial charge in [-0.3, -0.25) is 4.79 Å². The molecule has 0 aliphatic heterocycles. The van der Waals surface area contributed by atoms with Gasteiger partial charge in [-0.2, -0.15) is 0 Å². The molecule has 0 aliphatic carbocycles. The number of nitrogens with zero attached hydrogens (tertiary/aromatic N) is 3. The van der Waals surface area contributed by atoms with Crippen LogP contribution in [0.4, 0.5) is 0 Å². The Balaban J connectivity index is 1.44. The van der Waals surface area contributed by atoms with Gasteiger partial charge in [-0.15, -0.1) is 0 Å². The van der Waals surface area contributed by atoms with E-state index < -0.39 is 0 Å². The monoisotopic (exact) mass is 382 g/mol. The van der Waals surface area contributed by atoms with E-state index in [4.69, 9.17) is 0 Å². The van der Waals surface area contributed by atoms with Gasteiger partial charge in [0, 0.05) is 28.6 Å². The fourth-order valence-corrected chi connectivity index (χ4v) is 3.13. The van der Waals surface area contributed by atoms with Crippen LogP contribution in [0.25, 0.3) is 16.6 Å². The summed E-state index contributed by atoms with van der Waals surface area (Å²) in [6, 6.07) is 13.9. The summed E-state index contributed by atoms with van der Waals surface area (Å²) in [5.41, 5.74) is 2.75. The average Bonchev–Trinajstić information content (AvgIpc) is 3.17. The summed E-state index contributed by atoms with van der Waals surface area (Å²) in [7, 11) is 0. The maximum atomic E-state index is 12.2. The molecule has 0 unspecified atom stereocenters. The summed E-state index contributed by atoms with van der Waals surface area (Å²) in [5, 5.41) is 4.07. The van der Waals surface area contributed by atoms with Crippen molar-refractivity contribution < 1.29 is 4.79 Å². The van der Waals surface area contributed by atoms with E-state index in [1.54, 1.807) is 0 Å². The van der Waals surface area contributed by atoms with Gasteiger partial charge in [0.15, 0.2) is 0 Å². The third kappa shape index (κ3) is 2.92. The van der Waals surface area contributed by atoms with Gasteiger partial charge in [-0.05, 0) is 45.6 Å². The first-order valence-corrected chi connectivity index (χ1v) is 8.42. The van der Waals surface area contributed by atoms with Crippen LogP contribution in [0, 0.1) is 0 Å². The van der Waals surface area contributed by atoms with Gasteiger partial charge in [-0.25, -0.2) is 4.98 Å². The molecule has 120 valence electrons. The number of hydrogen-bond donors (Lipinski definition) is 1. The van der Waals surface area contributed by atoms with Crippen molar-refractivity contribution in [3.05, 3.63) is 71.2 Å². The van der Waals surface area contributed by atoms with Crippen molar-refractivity contribution in [3.63, 3.8) is 0 Å². The first-order valence-electron chi connectivity index (χ1n) is 7.63. The van der Waals surface area contributed by atoms with Crippen LogP contribution in [0.5, 0.6) is 0 Å². The van der Waals surface area contributed by atoms with Gasteiger partial charge in [0.25, 0.3) is 0 Å². The molecular weight excluding hydrogens is 368 g/mol. The number of rotatable bonds is 4. The number of hydrogen-bond acceptors (Lipinski definition) is 2. The summed E-state index contributed by atoms with van der Waals surface area (Å²) in [6.45, 7) is 0.712. The van der Waals surface area contributed by atoms with Crippen molar-refractivity contribution >= 4 is 38.4 Å². The lowest BCUT2D eigenvalue weighted by molar-refractivity contribution is -0.121. The molecule has 3 heterocycles. The number of nitrogens with one attached hydrogen (secondary N) is 1. The highest BCUT2D eigenvalue weighted by Crippen LogP contribution is 2.15. The molecule has 0 radical (unpaired) electrons. The van der Waals surface area contributed by atoms with Crippen molar-refractivity contribution in [3.8, 4) is 0 Å². The first-order chi connectivity index (χ1) is 11.7. The number of carbonyl (C=O) groups excluding carboxylic acids is 1. The fraction of sp³-hybridized carbons (Fsp3) is 0.111. The summed E-state index contributed by atoms with van der Waals surface area (Å²) in [6.07, 6.45) is 5.80. The second-order valence-corrected chi connectivity index (χ2v) is 6.54. The minimum absolute atomic E-state index is 0.0328. The second kappa shape index (κ2) is 6.13. The summed E-state index contributed by atoms with van der Waals surface area (Å²) < 4.78 is 4.87. The lowest BCUT2D eigenvalue weighted by Gasteiger charge is -2.06. The molecule has 1 aromatic carbocycles. The number of amides is 1. The van der Waals surface area contributed by atoms with Crippen LogP contribution >= 0.6 is 15.9 Å². The van der Waals surface area contributed by atoms with Crippen LogP contribution in [0.3, 0.4) is 0 Å². The van der Waals surface area contributed by atoms with Crippen LogP contribution in [-0.2, 0) is 17.9 Å². The van der Waals surface area contributed by atoms with Gasteiger partial charge in [0.2, 0.25) is 5.91 Å². The van der Waals surface area contributed by atoms with E-state index in [0.29, 0.717) is 13.1 Å². The van der Waals surface area contributed by atoms with Gasteiger partial charge >= 0.3 is 0 Å². The second-order valence-electron chi connectivity index (χ2n) is 5.62. The molecule has 1 N–H and O–H groups in total. The maximum absolute atomic E-state index is 12.2. The molecule has 4 aromatic rings. The molecule has 3 aromatic heterocycles. The van der Waals surface area contributed by atoms with Crippen LogP contribution in [-0.4, -0.2) is 19.9 Å². The molecule has 0 aliphatic rings.